The molecule has 0 radical (unpaired) electrons. The van der Waals surface area contributed by atoms with E-state index in [0.717, 1.165) is 69.4 Å². The Morgan fingerprint density at radius 3 is 2.71 bits per heavy atom. The zero-order chi connectivity index (χ0) is 17.4. The normalized spacial score (nSPS) is 17.2. The number of oxazole rings is 1. The van der Waals surface area contributed by atoms with Crippen molar-refractivity contribution in [1.82, 2.24) is 20.5 Å². The van der Waals surface area contributed by atoms with E-state index in [1.165, 1.54) is 0 Å². The molecule has 0 aromatic carbocycles. The quantitative estimate of drug-likeness (QED) is 0.394. The van der Waals surface area contributed by atoms with E-state index in [-0.39, 0.29) is 6.10 Å². The number of piperidine rings is 1. The van der Waals surface area contributed by atoms with Gasteiger partial charge in [0.25, 0.3) is 0 Å². The third-order valence-corrected chi connectivity index (χ3v) is 4.29. The third-order valence-electron chi connectivity index (χ3n) is 4.29. The van der Waals surface area contributed by atoms with Gasteiger partial charge in [-0.2, -0.15) is 0 Å². The fraction of sp³-hybridized carbons (Fsp3) is 0.765. The summed E-state index contributed by atoms with van der Waals surface area (Å²) in [6.07, 6.45) is 2.74. The molecule has 0 amide bonds. The van der Waals surface area contributed by atoms with Crippen molar-refractivity contribution in [2.24, 2.45) is 4.99 Å². The number of aliphatic hydroxyl groups is 1. The summed E-state index contributed by atoms with van der Waals surface area (Å²) in [5, 5.41) is 16.1. The highest BCUT2D eigenvalue weighted by atomic mass is 16.4. The van der Waals surface area contributed by atoms with Crippen LogP contribution in [0.15, 0.2) is 9.41 Å². The van der Waals surface area contributed by atoms with Gasteiger partial charge in [-0.05, 0) is 46.6 Å². The van der Waals surface area contributed by atoms with Crippen molar-refractivity contribution in [3.05, 3.63) is 17.3 Å². The van der Waals surface area contributed by atoms with Gasteiger partial charge in [0.15, 0.2) is 5.96 Å². The van der Waals surface area contributed by atoms with Gasteiger partial charge in [0.2, 0.25) is 5.89 Å². The summed E-state index contributed by atoms with van der Waals surface area (Å²) in [7, 11) is 0. The van der Waals surface area contributed by atoms with Crippen molar-refractivity contribution >= 4 is 5.96 Å². The summed E-state index contributed by atoms with van der Waals surface area (Å²) < 4.78 is 5.56. The lowest BCUT2D eigenvalue weighted by molar-refractivity contribution is 0.0823. The van der Waals surface area contributed by atoms with Crippen molar-refractivity contribution in [3.8, 4) is 0 Å². The Morgan fingerprint density at radius 2 is 2.08 bits per heavy atom. The summed E-state index contributed by atoms with van der Waals surface area (Å²) in [5.41, 5.74) is 0.921. The van der Waals surface area contributed by atoms with Gasteiger partial charge in [-0.3, -0.25) is 0 Å². The Kier molecular flexibility index (Phi) is 7.52. The number of guanidine groups is 1. The molecule has 2 heterocycles. The van der Waals surface area contributed by atoms with Crippen LogP contribution in [-0.4, -0.2) is 59.8 Å². The minimum atomic E-state index is -0.102. The van der Waals surface area contributed by atoms with Crippen LogP contribution < -0.4 is 10.6 Å². The topological polar surface area (TPSA) is 85.9 Å². The van der Waals surface area contributed by atoms with Crippen molar-refractivity contribution in [2.75, 3.05) is 32.7 Å². The van der Waals surface area contributed by atoms with Crippen LogP contribution in [0.3, 0.4) is 0 Å². The van der Waals surface area contributed by atoms with Crippen LogP contribution in [0.2, 0.25) is 0 Å². The Hall–Kier alpha value is -1.60. The first kappa shape index (κ1) is 18.7. The van der Waals surface area contributed by atoms with Gasteiger partial charge in [-0.25, -0.2) is 9.98 Å². The second kappa shape index (κ2) is 9.64. The number of hydrogen-bond donors (Lipinski definition) is 3. The average Bonchev–Trinajstić information content (AvgIpc) is 2.89. The molecule has 1 aromatic rings. The Morgan fingerprint density at radius 1 is 1.33 bits per heavy atom. The first-order valence-electron chi connectivity index (χ1n) is 8.94. The van der Waals surface area contributed by atoms with Crippen molar-refractivity contribution in [3.63, 3.8) is 0 Å². The predicted octanol–water partition coefficient (Wildman–Crippen LogP) is 1.19. The summed E-state index contributed by atoms with van der Waals surface area (Å²) in [6, 6.07) is 0. The highest BCUT2D eigenvalue weighted by Gasteiger charge is 2.16. The molecule has 7 heteroatoms. The third kappa shape index (κ3) is 6.13. The standard InChI is InChI=1S/C17H31N5O2/c1-4-18-17(20-12-16-21-13(2)14(3)24-16)19-8-5-9-22-10-6-15(23)7-11-22/h15,23H,4-12H2,1-3H3,(H2,18,19,20). The number of aromatic nitrogens is 1. The number of hydrogen-bond acceptors (Lipinski definition) is 5. The maximum absolute atomic E-state index is 9.53. The van der Waals surface area contributed by atoms with E-state index in [0.29, 0.717) is 12.4 Å². The van der Waals surface area contributed by atoms with Gasteiger partial charge in [0.1, 0.15) is 12.3 Å². The van der Waals surface area contributed by atoms with E-state index in [1.54, 1.807) is 0 Å². The summed E-state index contributed by atoms with van der Waals surface area (Å²) in [5.74, 6) is 2.29. The minimum absolute atomic E-state index is 0.102. The molecule has 136 valence electrons. The fourth-order valence-corrected chi connectivity index (χ4v) is 2.75. The molecule has 0 bridgehead atoms. The number of likely N-dealkylation sites (tertiary alicyclic amines) is 1. The molecule has 1 aromatic heterocycles. The Labute approximate surface area is 144 Å². The van der Waals surface area contributed by atoms with E-state index in [2.05, 4.69) is 32.4 Å². The van der Waals surface area contributed by atoms with Crippen LogP contribution in [0, 0.1) is 13.8 Å². The SMILES string of the molecule is CCNC(=NCc1nc(C)c(C)o1)NCCCN1CCC(O)CC1. The zero-order valence-electron chi connectivity index (χ0n) is 15.1. The number of aliphatic imine (C=N–C) groups is 1. The van der Waals surface area contributed by atoms with Gasteiger partial charge >= 0.3 is 0 Å². The molecule has 0 aliphatic carbocycles. The Balaban J connectivity index is 1.71. The smallest absolute Gasteiger partial charge is 0.216 e. The maximum Gasteiger partial charge on any atom is 0.216 e. The lowest BCUT2D eigenvalue weighted by atomic mass is 10.1. The molecule has 0 unspecified atom stereocenters. The number of aryl methyl sites for hydroxylation is 2. The highest BCUT2D eigenvalue weighted by Crippen LogP contribution is 2.10. The van der Waals surface area contributed by atoms with Crippen molar-refractivity contribution in [1.29, 1.82) is 0 Å². The molecule has 1 aliphatic rings. The average molecular weight is 337 g/mol. The first-order chi connectivity index (χ1) is 11.6. The van der Waals surface area contributed by atoms with Crippen LogP contribution in [0.1, 0.15) is 43.5 Å². The van der Waals surface area contributed by atoms with E-state index >= 15 is 0 Å². The molecule has 24 heavy (non-hydrogen) atoms. The molecule has 1 fully saturated rings. The zero-order valence-corrected chi connectivity index (χ0v) is 15.1. The largest absolute Gasteiger partial charge is 0.444 e. The van der Waals surface area contributed by atoms with Gasteiger partial charge in [-0.15, -0.1) is 0 Å². The highest BCUT2D eigenvalue weighted by molar-refractivity contribution is 5.79. The van der Waals surface area contributed by atoms with E-state index in [4.69, 9.17) is 4.42 Å². The van der Waals surface area contributed by atoms with Crippen LogP contribution in [0.5, 0.6) is 0 Å². The van der Waals surface area contributed by atoms with Crippen molar-refractivity contribution in [2.45, 2.75) is 52.7 Å². The molecule has 0 spiro atoms. The predicted molar refractivity (Wildman–Crippen MR) is 95.1 cm³/mol. The first-order valence-corrected chi connectivity index (χ1v) is 8.94. The number of nitrogens with zero attached hydrogens (tertiary/aromatic N) is 3. The fourth-order valence-electron chi connectivity index (χ4n) is 2.75. The van der Waals surface area contributed by atoms with E-state index < -0.39 is 0 Å². The maximum atomic E-state index is 9.53. The molecular formula is C17H31N5O2. The summed E-state index contributed by atoms with van der Waals surface area (Å²) in [6.45, 7) is 11.1. The Bertz CT molecular complexity index is 502. The minimum Gasteiger partial charge on any atom is -0.444 e. The van der Waals surface area contributed by atoms with E-state index in [1.807, 2.05) is 13.8 Å². The second-order valence-corrected chi connectivity index (χ2v) is 6.30. The lowest BCUT2D eigenvalue weighted by Gasteiger charge is -2.29. The molecule has 2 rings (SSSR count). The lowest BCUT2D eigenvalue weighted by Crippen LogP contribution is -2.40. The molecule has 0 saturated carbocycles. The van der Waals surface area contributed by atoms with Gasteiger partial charge in [-0.1, -0.05) is 0 Å². The number of aliphatic hydroxyl groups excluding tert-OH is 1. The second-order valence-electron chi connectivity index (χ2n) is 6.30. The molecule has 1 aliphatic heterocycles. The molecule has 7 nitrogen and oxygen atoms in total. The van der Waals surface area contributed by atoms with Gasteiger partial charge in [0, 0.05) is 26.2 Å². The number of rotatable bonds is 7. The van der Waals surface area contributed by atoms with Gasteiger partial charge < -0.3 is 25.1 Å². The molecule has 1 saturated heterocycles. The molecule has 3 N–H and O–H groups in total. The van der Waals surface area contributed by atoms with Gasteiger partial charge in [0.05, 0.1) is 11.8 Å². The monoisotopic (exact) mass is 337 g/mol. The van der Waals surface area contributed by atoms with Crippen LogP contribution in [-0.2, 0) is 6.54 Å². The van der Waals surface area contributed by atoms with Crippen LogP contribution in [0.4, 0.5) is 0 Å². The van der Waals surface area contributed by atoms with Crippen molar-refractivity contribution < 1.29 is 9.52 Å². The van der Waals surface area contributed by atoms with E-state index in [9.17, 15) is 5.11 Å². The number of nitrogens with one attached hydrogen (secondary N) is 2. The molecular weight excluding hydrogens is 306 g/mol. The van der Waals surface area contributed by atoms with Crippen LogP contribution >= 0.6 is 0 Å². The van der Waals surface area contributed by atoms with Crippen LogP contribution in [0.25, 0.3) is 0 Å². The molecule has 0 atom stereocenters. The summed E-state index contributed by atoms with van der Waals surface area (Å²) >= 11 is 0. The summed E-state index contributed by atoms with van der Waals surface area (Å²) in [4.78, 5) is 11.3.